The van der Waals surface area contributed by atoms with Gasteiger partial charge in [0.25, 0.3) is 0 Å². The number of ether oxygens (including phenoxy) is 1. The number of ketones is 1. The molecule has 2 aromatic carbocycles. The Kier molecular flexibility index (Phi) is 2.91. The van der Waals surface area contributed by atoms with Crippen LogP contribution >= 0.6 is 0 Å². The van der Waals surface area contributed by atoms with E-state index in [1.54, 1.807) is 37.4 Å². The highest BCUT2D eigenvalue weighted by Gasteiger charge is 2.32. The summed E-state index contributed by atoms with van der Waals surface area (Å²) < 4.78 is 5.12. The fraction of sp³-hybridized carbons (Fsp3) is 0.0526. The highest BCUT2D eigenvalue weighted by atomic mass is 16.5. The van der Waals surface area contributed by atoms with Crippen molar-refractivity contribution in [2.45, 2.75) is 0 Å². The number of benzene rings is 2. The van der Waals surface area contributed by atoms with Crippen LogP contribution in [0.15, 0.2) is 54.6 Å². The van der Waals surface area contributed by atoms with E-state index < -0.39 is 0 Å². The van der Waals surface area contributed by atoms with Crippen molar-refractivity contribution in [1.82, 2.24) is 4.98 Å². The largest absolute Gasteiger partial charge is 0.506 e. The number of aromatic nitrogens is 1. The molecule has 0 radical (unpaired) electrons. The van der Waals surface area contributed by atoms with E-state index >= 15 is 0 Å². The summed E-state index contributed by atoms with van der Waals surface area (Å²) in [6.07, 6.45) is 0. The van der Waals surface area contributed by atoms with Crippen molar-refractivity contribution < 1.29 is 14.6 Å². The fourth-order valence-corrected chi connectivity index (χ4v) is 2.86. The zero-order valence-corrected chi connectivity index (χ0v) is 12.4. The summed E-state index contributed by atoms with van der Waals surface area (Å²) in [5.74, 6) is 0.419. The zero-order chi connectivity index (χ0) is 16.0. The molecule has 0 atom stereocenters. The lowest BCUT2D eigenvalue weighted by molar-refractivity contribution is 0.105. The molecule has 1 aliphatic carbocycles. The number of nitrogens with zero attached hydrogens (tertiary/aromatic N) is 1. The van der Waals surface area contributed by atoms with Gasteiger partial charge in [-0.15, -0.1) is 0 Å². The molecular weight excluding hydrogens is 290 g/mol. The molecule has 4 heteroatoms. The van der Waals surface area contributed by atoms with Gasteiger partial charge in [0.1, 0.15) is 17.2 Å². The Labute approximate surface area is 132 Å². The monoisotopic (exact) mass is 303 g/mol. The van der Waals surface area contributed by atoms with Crippen molar-refractivity contribution in [1.29, 1.82) is 0 Å². The van der Waals surface area contributed by atoms with Crippen molar-refractivity contribution in [3.63, 3.8) is 0 Å². The van der Waals surface area contributed by atoms with Gasteiger partial charge < -0.3 is 9.84 Å². The minimum absolute atomic E-state index is 0.0200. The maximum atomic E-state index is 12.7. The van der Waals surface area contributed by atoms with Gasteiger partial charge in [-0.3, -0.25) is 4.79 Å². The van der Waals surface area contributed by atoms with Crippen LogP contribution in [-0.4, -0.2) is 23.0 Å². The molecule has 1 N–H and O–H groups in total. The topological polar surface area (TPSA) is 59.4 Å². The molecule has 0 saturated carbocycles. The molecule has 0 spiro atoms. The molecule has 23 heavy (non-hydrogen) atoms. The number of methoxy groups -OCH3 is 1. The number of hydrogen-bond acceptors (Lipinski definition) is 4. The molecule has 112 valence electrons. The second kappa shape index (κ2) is 4.95. The Morgan fingerprint density at radius 3 is 2.52 bits per heavy atom. The average molecular weight is 303 g/mol. The predicted octanol–water partition coefficient (Wildman–Crippen LogP) is 3.87. The molecule has 0 saturated heterocycles. The summed E-state index contributed by atoms with van der Waals surface area (Å²) in [5.41, 5.74) is 2.45. The van der Waals surface area contributed by atoms with E-state index in [4.69, 9.17) is 4.74 Å². The van der Waals surface area contributed by atoms with Gasteiger partial charge in [-0.25, -0.2) is 4.98 Å². The maximum absolute atomic E-state index is 12.7. The maximum Gasteiger partial charge on any atom is 0.216 e. The Bertz CT molecular complexity index is 972. The van der Waals surface area contributed by atoms with Gasteiger partial charge in [0, 0.05) is 10.9 Å². The van der Waals surface area contributed by atoms with Crippen LogP contribution in [0, 0.1) is 0 Å². The molecule has 1 aromatic heterocycles. The SMILES string of the molecule is COc1ccc(C2=C(O)c3cc4ccccc4nc3C2=O)cc1. The second-order valence-electron chi connectivity index (χ2n) is 5.36. The number of aliphatic hydroxyl groups is 1. The van der Waals surface area contributed by atoms with Crippen molar-refractivity contribution in [2.24, 2.45) is 0 Å². The number of aliphatic hydroxyl groups excluding tert-OH is 1. The number of allylic oxidation sites excluding steroid dienone is 1. The van der Waals surface area contributed by atoms with Gasteiger partial charge in [-0.05, 0) is 29.8 Å². The van der Waals surface area contributed by atoms with E-state index in [1.807, 2.05) is 24.3 Å². The smallest absolute Gasteiger partial charge is 0.216 e. The quantitative estimate of drug-likeness (QED) is 0.781. The van der Waals surface area contributed by atoms with Gasteiger partial charge in [0.05, 0.1) is 18.2 Å². The zero-order valence-electron chi connectivity index (χ0n) is 12.4. The van der Waals surface area contributed by atoms with E-state index in [0.717, 1.165) is 10.9 Å². The molecule has 0 unspecified atom stereocenters. The highest BCUT2D eigenvalue weighted by Crippen LogP contribution is 2.37. The molecule has 0 amide bonds. The lowest BCUT2D eigenvalue weighted by atomic mass is 10.0. The lowest BCUT2D eigenvalue weighted by Gasteiger charge is -2.04. The Balaban J connectivity index is 1.89. The molecule has 1 aliphatic rings. The van der Waals surface area contributed by atoms with Crippen LogP contribution in [0.3, 0.4) is 0 Å². The first kappa shape index (κ1) is 13.5. The van der Waals surface area contributed by atoms with E-state index in [1.165, 1.54) is 0 Å². The molecule has 1 heterocycles. The van der Waals surface area contributed by atoms with E-state index in [2.05, 4.69) is 4.98 Å². The molecule has 3 aromatic rings. The van der Waals surface area contributed by atoms with Gasteiger partial charge in [0.15, 0.2) is 0 Å². The third kappa shape index (κ3) is 1.99. The minimum atomic E-state index is -0.256. The first-order chi connectivity index (χ1) is 11.2. The normalized spacial score (nSPS) is 13.5. The Morgan fingerprint density at radius 1 is 1.04 bits per heavy atom. The Morgan fingerprint density at radius 2 is 1.78 bits per heavy atom. The summed E-state index contributed by atoms with van der Waals surface area (Å²) in [4.78, 5) is 17.1. The van der Waals surface area contributed by atoms with E-state index in [-0.39, 0.29) is 17.1 Å². The van der Waals surface area contributed by atoms with Crippen molar-refractivity contribution in [3.8, 4) is 5.75 Å². The number of carbonyl (C=O) groups is 1. The summed E-state index contributed by atoms with van der Waals surface area (Å²) in [6, 6.07) is 16.4. The van der Waals surface area contributed by atoms with Gasteiger partial charge >= 0.3 is 0 Å². The van der Waals surface area contributed by atoms with E-state index in [9.17, 15) is 9.90 Å². The Hall–Kier alpha value is -3.14. The third-order valence-corrected chi connectivity index (χ3v) is 4.04. The van der Waals surface area contributed by atoms with Crippen LogP contribution in [0.2, 0.25) is 0 Å². The molecule has 0 fully saturated rings. The number of para-hydroxylation sites is 1. The number of Topliss-reactive ketones (excluding diaryl/α,β-unsaturated/α-hetero) is 1. The average Bonchev–Trinajstić information content (AvgIpc) is 2.84. The minimum Gasteiger partial charge on any atom is -0.506 e. The molecule has 0 aliphatic heterocycles. The van der Waals surface area contributed by atoms with Gasteiger partial charge in [-0.1, -0.05) is 30.3 Å². The molecular formula is C19H13NO3. The van der Waals surface area contributed by atoms with E-state index in [0.29, 0.717) is 22.6 Å². The van der Waals surface area contributed by atoms with Crippen LogP contribution in [0.5, 0.6) is 5.75 Å². The third-order valence-electron chi connectivity index (χ3n) is 4.04. The van der Waals surface area contributed by atoms with Crippen LogP contribution < -0.4 is 4.74 Å². The summed E-state index contributed by atoms with van der Waals surface area (Å²) in [7, 11) is 1.58. The summed E-state index contributed by atoms with van der Waals surface area (Å²) in [5, 5.41) is 11.4. The van der Waals surface area contributed by atoms with Crippen LogP contribution in [0.4, 0.5) is 0 Å². The highest BCUT2D eigenvalue weighted by molar-refractivity contribution is 6.38. The van der Waals surface area contributed by atoms with Crippen LogP contribution in [0.25, 0.3) is 22.2 Å². The molecule has 4 rings (SSSR count). The standard InChI is InChI=1S/C19H13NO3/c1-23-13-8-6-11(7-9-13)16-18(21)14-10-12-4-2-3-5-15(12)20-17(14)19(16)22/h2-10,21H,1H3. The van der Waals surface area contributed by atoms with Gasteiger partial charge in [-0.2, -0.15) is 0 Å². The summed E-state index contributed by atoms with van der Waals surface area (Å²) >= 11 is 0. The van der Waals surface area contributed by atoms with Crippen molar-refractivity contribution in [3.05, 3.63) is 71.4 Å². The second-order valence-corrected chi connectivity index (χ2v) is 5.36. The van der Waals surface area contributed by atoms with Crippen molar-refractivity contribution in [2.75, 3.05) is 7.11 Å². The first-order valence-electron chi connectivity index (χ1n) is 7.21. The summed E-state index contributed by atoms with van der Waals surface area (Å²) in [6.45, 7) is 0. The number of carbonyl (C=O) groups excluding carboxylic acids is 1. The molecule has 4 nitrogen and oxygen atoms in total. The fourth-order valence-electron chi connectivity index (χ4n) is 2.86. The van der Waals surface area contributed by atoms with Crippen LogP contribution in [0.1, 0.15) is 21.6 Å². The van der Waals surface area contributed by atoms with Crippen molar-refractivity contribution >= 4 is 28.0 Å². The van der Waals surface area contributed by atoms with Gasteiger partial charge in [0.2, 0.25) is 5.78 Å². The lowest BCUT2D eigenvalue weighted by Crippen LogP contribution is -2.01. The predicted molar refractivity (Wildman–Crippen MR) is 88.5 cm³/mol. The number of rotatable bonds is 2. The number of pyridine rings is 1. The number of hydrogen-bond donors (Lipinski definition) is 1. The van der Waals surface area contributed by atoms with Crippen LogP contribution in [-0.2, 0) is 0 Å². The number of fused-ring (bicyclic) bond motifs is 2. The first-order valence-corrected chi connectivity index (χ1v) is 7.21. The molecule has 0 bridgehead atoms.